The minimum absolute atomic E-state index is 0.158. The third-order valence-corrected chi connectivity index (χ3v) is 5.70. The summed E-state index contributed by atoms with van der Waals surface area (Å²) in [4.78, 5) is 26.0. The summed E-state index contributed by atoms with van der Waals surface area (Å²) < 4.78 is 0. The maximum absolute atomic E-state index is 12.3. The highest BCUT2D eigenvalue weighted by molar-refractivity contribution is 8.00. The lowest BCUT2D eigenvalue weighted by molar-refractivity contribution is -0.113. The first-order chi connectivity index (χ1) is 12.6. The van der Waals surface area contributed by atoms with E-state index in [1.807, 2.05) is 60.7 Å². The van der Waals surface area contributed by atoms with E-state index >= 15 is 0 Å². The number of thiophene rings is 1. The Bertz CT molecular complexity index is 893. The lowest BCUT2D eigenvalue weighted by Gasteiger charge is -2.04. The molecule has 0 saturated carbocycles. The van der Waals surface area contributed by atoms with Gasteiger partial charge < -0.3 is 11.1 Å². The number of rotatable bonds is 7. The molecule has 0 atom stereocenters. The number of benzene rings is 2. The highest BCUT2D eigenvalue weighted by Crippen LogP contribution is 2.30. The standard InChI is InChI=1S/C20H18N2O2S2/c21-19(24)17-12-16(11-14-7-3-1-4-8-14)26-20(17)22-18(23)13-25-15-9-5-2-6-10-15/h1-10,12H,11,13H2,(H2,21,24)(H,22,23). The second-order valence-electron chi connectivity index (χ2n) is 5.63. The van der Waals surface area contributed by atoms with Crippen LogP contribution in [0, 0.1) is 0 Å². The molecule has 6 heteroatoms. The van der Waals surface area contributed by atoms with E-state index in [0.717, 1.165) is 15.3 Å². The molecule has 2 amide bonds. The summed E-state index contributed by atoms with van der Waals surface area (Å²) in [7, 11) is 0. The van der Waals surface area contributed by atoms with Gasteiger partial charge in [-0.3, -0.25) is 9.59 Å². The zero-order valence-electron chi connectivity index (χ0n) is 14.0. The number of amides is 2. The van der Waals surface area contributed by atoms with Gasteiger partial charge in [0, 0.05) is 16.2 Å². The van der Waals surface area contributed by atoms with Crippen LogP contribution < -0.4 is 11.1 Å². The quantitative estimate of drug-likeness (QED) is 0.603. The van der Waals surface area contributed by atoms with Crippen LogP contribution in [-0.2, 0) is 11.2 Å². The minimum Gasteiger partial charge on any atom is -0.366 e. The van der Waals surface area contributed by atoms with Crippen LogP contribution in [-0.4, -0.2) is 17.6 Å². The van der Waals surface area contributed by atoms with Crippen LogP contribution in [0.25, 0.3) is 0 Å². The number of carbonyl (C=O) groups is 2. The third kappa shape index (κ3) is 4.97. The molecule has 0 saturated heterocycles. The molecule has 0 aliphatic rings. The Morgan fingerprint density at radius 3 is 2.31 bits per heavy atom. The fraction of sp³-hybridized carbons (Fsp3) is 0.100. The Balaban J connectivity index is 1.68. The van der Waals surface area contributed by atoms with Gasteiger partial charge in [-0.15, -0.1) is 23.1 Å². The van der Waals surface area contributed by atoms with Gasteiger partial charge in [0.1, 0.15) is 5.00 Å². The van der Waals surface area contributed by atoms with Crippen molar-refractivity contribution in [2.75, 3.05) is 11.1 Å². The molecule has 1 heterocycles. The number of thioether (sulfide) groups is 1. The van der Waals surface area contributed by atoms with E-state index in [1.54, 1.807) is 6.07 Å². The number of nitrogens with two attached hydrogens (primary N) is 1. The number of anilines is 1. The van der Waals surface area contributed by atoms with Crippen LogP contribution in [0.2, 0.25) is 0 Å². The second kappa shape index (κ2) is 8.69. The number of hydrogen-bond donors (Lipinski definition) is 2. The highest BCUT2D eigenvalue weighted by atomic mass is 32.2. The van der Waals surface area contributed by atoms with E-state index in [-0.39, 0.29) is 11.7 Å². The molecule has 3 rings (SSSR count). The first-order valence-electron chi connectivity index (χ1n) is 8.06. The molecule has 0 radical (unpaired) electrons. The van der Waals surface area contributed by atoms with Crippen molar-refractivity contribution in [3.8, 4) is 0 Å². The van der Waals surface area contributed by atoms with Crippen molar-refractivity contribution < 1.29 is 9.59 Å². The van der Waals surface area contributed by atoms with Gasteiger partial charge in [0.2, 0.25) is 5.91 Å². The molecule has 3 N–H and O–H groups in total. The summed E-state index contributed by atoms with van der Waals surface area (Å²) in [5.41, 5.74) is 6.97. The van der Waals surface area contributed by atoms with Gasteiger partial charge in [0.05, 0.1) is 11.3 Å². The molecule has 4 nitrogen and oxygen atoms in total. The highest BCUT2D eigenvalue weighted by Gasteiger charge is 2.16. The molecule has 0 unspecified atom stereocenters. The van der Waals surface area contributed by atoms with Crippen molar-refractivity contribution in [3.05, 3.63) is 82.7 Å². The van der Waals surface area contributed by atoms with E-state index in [4.69, 9.17) is 5.73 Å². The predicted molar refractivity (Wildman–Crippen MR) is 108 cm³/mol. The van der Waals surface area contributed by atoms with Gasteiger partial charge >= 0.3 is 0 Å². The summed E-state index contributed by atoms with van der Waals surface area (Å²) in [6, 6.07) is 21.4. The van der Waals surface area contributed by atoms with Crippen molar-refractivity contribution in [1.29, 1.82) is 0 Å². The first-order valence-corrected chi connectivity index (χ1v) is 9.86. The topological polar surface area (TPSA) is 72.2 Å². The van der Waals surface area contributed by atoms with E-state index < -0.39 is 5.91 Å². The maximum Gasteiger partial charge on any atom is 0.251 e. The molecule has 0 spiro atoms. The van der Waals surface area contributed by atoms with Crippen LogP contribution in [0.4, 0.5) is 5.00 Å². The van der Waals surface area contributed by atoms with Gasteiger partial charge in [-0.05, 0) is 23.8 Å². The largest absolute Gasteiger partial charge is 0.366 e. The molecule has 0 fully saturated rings. The molecule has 3 aromatic rings. The Hall–Kier alpha value is -2.57. The Kier molecular flexibility index (Phi) is 6.09. The zero-order chi connectivity index (χ0) is 18.4. The lowest BCUT2D eigenvalue weighted by Crippen LogP contribution is -2.17. The fourth-order valence-corrected chi connectivity index (χ4v) is 4.26. The fourth-order valence-electron chi connectivity index (χ4n) is 2.43. The molecule has 0 aliphatic heterocycles. The van der Waals surface area contributed by atoms with Gasteiger partial charge in [-0.25, -0.2) is 0 Å². The second-order valence-corrected chi connectivity index (χ2v) is 7.82. The zero-order valence-corrected chi connectivity index (χ0v) is 15.6. The minimum atomic E-state index is -0.536. The summed E-state index contributed by atoms with van der Waals surface area (Å²) in [5.74, 6) is -0.422. The molecule has 1 aromatic heterocycles. The van der Waals surface area contributed by atoms with Crippen molar-refractivity contribution in [2.24, 2.45) is 5.73 Å². The van der Waals surface area contributed by atoms with Crippen molar-refractivity contribution in [3.63, 3.8) is 0 Å². The Morgan fingerprint density at radius 1 is 1.00 bits per heavy atom. The molecule has 0 aliphatic carbocycles. The molecule has 132 valence electrons. The average Bonchev–Trinajstić information content (AvgIpc) is 3.04. The van der Waals surface area contributed by atoms with E-state index in [9.17, 15) is 9.59 Å². The summed E-state index contributed by atoms with van der Waals surface area (Å²) in [5, 5.41) is 3.34. The summed E-state index contributed by atoms with van der Waals surface area (Å²) in [6.07, 6.45) is 0.695. The number of carbonyl (C=O) groups excluding carboxylic acids is 2. The first kappa shape index (κ1) is 18.2. The smallest absolute Gasteiger partial charge is 0.251 e. The molecule has 0 bridgehead atoms. The van der Waals surface area contributed by atoms with Gasteiger partial charge in [0.25, 0.3) is 5.91 Å². The van der Waals surface area contributed by atoms with Crippen LogP contribution in [0.5, 0.6) is 0 Å². The Morgan fingerprint density at radius 2 is 1.65 bits per heavy atom. The lowest BCUT2D eigenvalue weighted by atomic mass is 10.1. The van der Waals surface area contributed by atoms with Crippen LogP contribution in [0.1, 0.15) is 20.8 Å². The SMILES string of the molecule is NC(=O)c1cc(Cc2ccccc2)sc1NC(=O)CSc1ccccc1. The van der Waals surface area contributed by atoms with Crippen molar-refractivity contribution in [1.82, 2.24) is 0 Å². The van der Waals surface area contributed by atoms with Crippen LogP contribution in [0.15, 0.2) is 71.6 Å². The van der Waals surface area contributed by atoms with Crippen molar-refractivity contribution >= 4 is 39.9 Å². The van der Waals surface area contributed by atoms with Gasteiger partial charge in [-0.1, -0.05) is 48.5 Å². The maximum atomic E-state index is 12.3. The average molecular weight is 383 g/mol. The molecule has 26 heavy (non-hydrogen) atoms. The van der Waals surface area contributed by atoms with E-state index in [0.29, 0.717) is 17.0 Å². The van der Waals surface area contributed by atoms with E-state index in [2.05, 4.69) is 5.32 Å². The van der Waals surface area contributed by atoms with Gasteiger partial charge in [0.15, 0.2) is 0 Å². The monoisotopic (exact) mass is 382 g/mol. The van der Waals surface area contributed by atoms with Gasteiger partial charge in [-0.2, -0.15) is 0 Å². The number of primary amides is 1. The van der Waals surface area contributed by atoms with Crippen LogP contribution >= 0.6 is 23.1 Å². The predicted octanol–water partition coefficient (Wildman–Crippen LogP) is 4.17. The summed E-state index contributed by atoms with van der Waals surface area (Å²) in [6.45, 7) is 0. The van der Waals surface area contributed by atoms with Crippen LogP contribution in [0.3, 0.4) is 0 Å². The normalized spacial score (nSPS) is 10.5. The van der Waals surface area contributed by atoms with Crippen molar-refractivity contribution in [2.45, 2.75) is 11.3 Å². The summed E-state index contributed by atoms with van der Waals surface area (Å²) >= 11 is 2.84. The molecule has 2 aromatic carbocycles. The molecular formula is C20H18N2O2S2. The molecular weight excluding hydrogens is 364 g/mol. The number of nitrogens with one attached hydrogen (secondary N) is 1. The third-order valence-electron chi connectivity index (χ3n) is 3.64. The number of hydrogen-bond acceptors (Lipinski definition) is 4. The Labute approximate surface area is 160 Å². The van der Waals surface area contributed by atoms with E-state index in [1.165, 1.54) is 23.1 Å².